The molecule has 0 atom stereocenters. The summed E-state index contributed by atoms with van der Waals surface area (Å²) >= 11 is 0. The maximum Gasteiger partial charge on any atom is 0.0792 e. The lowest BCUT2D eigenvalue weighted by atomic mass is 10.00. The third-order valence-electron chi connectivity index (χ3n) is 5.41. The Bertz CT molecular complexity index is 635. The van der Waals surface area contributed by atoms with Gasteiger partial charge in [0.25, 0.3) is 0 Å². The number of para-hydroxylation sites is 1. The maximum atomic E-state index is 6.08. The summed E-state index contributed by atoms with van der Waals surface area (Å²) in [4.78, 5) is 2.50. The molecule has 4 rings (SSSR count). The minimum atomic E-state index is 0.366. The van der Waals surface area contributed by atoms with Gasteiger partial charge >= 0.3 is 0 Å². The van der Waals surface area contributed by atoms with Crippen LogP contribution < -0.4 is 10.6 Å². The van der Waals surface area contributed by atoms with E-state index < -0.39 is 0 Å². The summed E-state index contributed by atoms with van der Waals surface area (Å²) in [5.74, 6) is 0.642. The normalized spacial score (nSPS) is 20.3. The van der Waals surface area contributed by atoms with Crippen molar-refractivity contribution in [3.8, 4) is 5.69 Å². The third-order valence-corrected chi connectivity index (χ3v) is 5.41. The molecule has 0 amide bonds. The molecule has 0 spiro atoms. The number of rotatable bonds is 3. The van der Waals surface area contributed by atoms with Crippen LogP contribution in [0.25, 0.3) is 5.69 Å². The van der Waals surface area contributed by atoms with Gasteiger partial charge in [-0.05, 0) is 37.8 Å². The Morgan fingerprint density at radius 1 is 0.957 bits per heavy atom. The first kappa shape index (κ1) is 14.8. The molecule has 4 nitrogen and oxygen atoms in total. The molecule has 0 unspecified atom stereocenters. The highest BCUT2D eigenvalue weighted by molar-refractivity contribution is 5.54. The van der Waals surface area contributed by atoms with E-state index in [9.17, 15) is 0 Å². The van der Waals surface area contributed by atoms with Gasteiger partial charge in [0.05, 0.1) is 23.3 Å². The Labute approximate surface area is 138 Å². The molecule has 2 heterocycles. The average Bonchev–Trinajstić information content (AvgIpc) is 3.25. The quantitative estimate of drug-likeness (QED) is 0.944. The zero-order chi connectivity index (χ0) is 15.6. The van der Waals surface area contributed by atoms with E-state index in [1.165, 1.54) is 42.8 Å². The molecule has 4 heteroatoms. The van der Waals surface area contributed by atoms with E-state index in [1.807, 2.05) is 0 Å². The largest absolute Gasteiger partial charge is 0.369 e. The van der Waals surface area contributed by atoms with Crippen molar-refractivity contribution in [1.82, 2.24) is 9.78 Å². The van der Waals surface area contributed by atoms with Crippen LogP contribution in [0.1, 0.15) is 50.1 Å². The fourth-order valence-corrected chi connectivity index (χ4v) is 4.09. The first-order valence-electron chi connectivity index (χ1n) is 8.97. The molecule has 1 saturated heterocycles. The van der Waals surface area contributed by atoms with Crippen LogP contribution >= 0.6 is 0 Å². The summed E-state index contributed by atoms with van der Waals surface area (Å²) in [6, 6.07) is 10.9. The average molecular weight is 310 g/mol. The Kier molecular flexibility index (Phi) is 4.08. The zero-order valence-corrected chi connectivity index (χ0v) is 13.7. The highest BCUT2D eigenvalue weighted by atomic mass is 15.3. The molecule has 2 aromatic rings. The molecule has 1 aromatic heterocycles. The summed E-state index contributed by atoms with van der Waals surface area (Å²) in [7, 11) is 0. The van der Waals surface area contributed by atoms with Crippen molar-refractivity contribution in [2.75, 3.05) is 18.0 Å². The lowest BCUT2D eigenvalue weighted by Crippen LogP contribution is -2.40. The van der Waals surface area contributed by atoms with Crippen LogP contribution in [0.5, 0.6) is 0 Å². The van der Waals surface area contributed by atoms with E-state index in [0.717, 1.165) is 25.9 Å². The standard InChI is InChI=1S/C19H26N4/c20-16-10-12-22(13-11-16)18-14-21-23(17-8-2-1-3-9-17)19(18)15-6-4-5-7-15/h1-3,8-9,14-16H,4-7,10-13,20H2. The lowest BCUT2D eigenvalue weighted by Gasteiger charge is -2.32. The number of nitrogens with zero attached hydrogens (tertiary/aromatic N) is 3. The first-order chi connectivity index (χ1) is 11.3. The Hall–Kier alpha value is -1.81. The van der Waals surface area contributed by atoms with E-state index in [-0.39, 0.29) is 0 Å². The summed E-state index contributed by atoms with van der Waals surface area (Å²) < 4.78 is 2.18. The Balaban J connectivity index is 1.72. The van der Waals surface area contributed by atoms with Crippen LogP contribution in [0.15, 0.2) is 36.5 Å². The van der Waals surface area contributed by atoms with Crippen LogP contribution in [0.3, 0.4) is 0 Å². The number of hydrogen-bond acceptors (Lipinski definition) is 3. The van der Waals surface area contributed by atoms with Gasteiger partial charge in [-0.25, -0.2) is 4.68 Å². The topological polar surface area (TPSA) is 47.1 Å². The molecular weight excluding hydrogens is 284 g/mol. The fraction of sp³-hybridized carbons (Fsp3) is 0.526. The minimum Gasteiger partial charge on any atom is -0.369 e. The van der Waals surface area contributed by atoms with E-state index in [4.69, 9.17) is 10.8 Å². The molecular formula is C19H26N4. The fourth-order valence-electron chi connectivity index (χ4n) is 4.09. The monoisotopic (exact) mass is 310 g/mol. The van der Waals surface area contributed by atoms with Crippen LogP contribution in [0, 0.1) is 0 Å². The molecule has 0 radical (unpaired) electrons. The van der Waals surface area contributed by atoms with Crippen LogP contribution in [-0.4, -0.2) is 28.9 Å². The predicted molar refractivity (Wildman–Crippen MR) is 94.2 cm³/mol. The van der Waals surface area contributed by atoms with Gasteiger partial charge in [0.2, 0.25) is 0 Å². The van der Waals surface area contributed by atoms with Crippen LogP contribution in [0.4, 0.5) is 5.69 Å². The molecule has 2 fully saturated rings. The van der Waals surface area contributed by atoms with Gasteiger partial charge < -0.3 is 10.6 Å². The van der Waals surface area contributed by atoms with Crippen molar-refractivity contribution in [1.29, 1.82) is 0 Å². The first-order valence-corrected chi connectivity index (χ1v) is 8.97. The SMILES string of the molecule is NC1CCN(c2cnn(-c3ccccc3)c2C2CCCC2)CC1. The minimum absolute atomic E-state index is 0.366. The van der Waals surface area contributed by atoms with Crippen molar-refractivity contribution < 1.29 is 0 Å². The van der Waals surface area contributed by atoms with Gasteiger partial charge in [0.1, 0.15) is 0 Å². The number of piperidine rings is 1. The van der Waals surface area contributed by atoms with Gasteiger partial charge in [-0.2, -0.15) is 5.10 Å². The van der Waals surface area contributed by atoms with Crippen molar-refractivity contribution in [3.05, 3.63) is 42.2 Å². The molecule has 1 saturated carbocycles. The summed E-state index contributed by atoms with van der Waals surface area (Å²) in [6.07, 6.45) is 9.51. The van der Waals surface area contributed by atoms with Crippen molar-refractivity contribution >= 4 is 5.69 Å². The predicted octanol–water partition coefficient (Wildman–Crippen LogP) is 3.46. The van der Waals surface area contributed by atoms with E-state index >= 15 is 0 Å². The third kappa shape index (κ3) is 2.88. The molecule has 2 N–H and O–H groups in total. The summed E-state index contributed by atoms with van der Waals surface area (Å²) in [5, 5.41) is 4.77. The maximum absolute atomic E-state index is 6.08. The van der Waals surface area contributed by atoms with E-state index in [0.29, 0.717) is 12.0 Å². The molecule has 1 aromatic carbocycles. The molecule has 0 bridgehead atoms. The highest BCUT2D eigenvalue weighted by Gasteiger charge is 2.28. The lowest BCUT2D eigenvalue weighted by molar-refractivity contribution is 0.499. The van der Waals surface area contributed by atoms with E-state index in [2.05, 4.69) is 46.1 Å². The Morgan fingerprint density at radius 2 is 1.65 bits per heavy atom. The Morgan fingerprint density at radius 3 is 2.35 bits per heavy atom. The van der Waals surface area contributed by atoms with Gasteiger partial charge in [-0.3, -0.25) is 0 Å². The molecule has 23 heavy (non-hydrogen) atoms. The van der Waals surface area contributed by atoms with Crippen LogP contribution in [-0.2, 0) is 0 Å². The highest BCUT2D eigenvalue weighted by Crippen LogP contribution is 2.40. The van der Waals surface area contributed by atoms with E-state index in [1.54, 1.807) is 0 Å². The number of benzene rings is 1. The van der Waals surface area contributed by atoms with Crippen molar-refractivity contribution in [3.63, 3.8) is 0 Å². The number of aromatic nitrogens is 2. The number of nitrogens with two attached hydrogens (primary N) is 1. The van der Waals surface area contributed by atoms with Gasteiger partial charge in [0.15, 0.2) is 0 Å². The van der Waals surface area contributed by atoms with Gasteiger partial charge in [0, 0.05) is 25.0 Å². The number of hydrogen-bond donors (Lipinski definition) is 1. The second kappa shape index (κ2) is 6.36. The number of anilines is 1. The summed E-state index contributed by atoms with van der Waals surface area (Å²) in [5.41, 5.74) is 10.0. The van der Waals surface area contributed by atoms with Crippen LogP contribution in [0.2, 0.25) is 0 Å². The second-order valence-corrected chi connectivity index (χ2v) is 6.97. The van der Waals surface area contributed by atoms with Gasteiger partial charge in [-0.1, -0.05) is 31.0 Å². The molecule has 2 aliphatic rings. The van der Waals surface area contributed by atoms with Crippen molar-refractivity contribution in [2.24, 2.45) is 5.73 Å². The second-order valence-electron chi connectivity index (χ2n) is 6.97. The molecule has 1 aliphatic carbocycles. The zero-order valence-electron chi connectivity index (χ0n) is 13.7. The smallest absolute Gasteiger partial charge is 0.0792 e. The molecule has 122 valence electrons. The summed E-state index contributed by atoms with van der Waals surface area (Å²) in [6.45, 7) is 2.11. The molecule has 1 aliphatic heterocycles. The van der Waals surface area contributed by atoms with Crippen molar-refractivity contribution in [2.45, 2.75) is 50.5 Å². The van der Waals surface area contributed by atoms with Gasteiger partial charge in [-0.15, -0.1) is 0 Å².